The molecule has 0 radical (unpaired) electrons. The van der Waals surface area contributed by atoms with Crippen LogP contribution in [0.1, 0.15) is 39.0 Å². The maximum absolute atomic E-state index is 12.0. The molecule has 7 heteroatoms. The lowest BCUT2D eigenvalue weighted by molar-refractivity contribution is -0.140. The normalized spacial score (nSPS) is 22.1. The Balaban J connectivity index is 2.55. The number of amides is 2. The fourth-order valence-electron chi connectivity index (χ4n) is 2.58. The molecule has 114 valence electrons. The summed E-state index contributed by atoms with van der Waals surface area (Å²) in [5, 5.41) is 20.2. The van der Waals surface area contributed by atoms with Gasteiger partial charge in [-0.1, -0.05) is 26.2 Å². The van der Waals surface area contributed by atoms with Gasteiger partial charge in [0.05, 0.1) is 0 Å². The summed E-state index contributed by atoms with van der Waals surface area (Å²) in [5.74, 6) is -1.88. The molecule has 0 spiro atoms. The van der Waals surface area contributed by atoms with Crippen molar-refractivity contribution >= 4 is 18.0 Å². The molecule has 2 atom stereocenters. The fourth-order valence-corrected chi connectivity index (χ4v) is 2.58. The van der Waals surface area contributed by atoms with Crippen LogP contribution in [0.2, 0.25) is 0 Å². The molecule has 2 amide bonds. The lowest BCUT2D eigenvalue weighted by atomic mass is 9.84. The predicted molar refractivity (Wildman–Crippen MR) is 71.4 cm³/mol. The molecule has 0 aliphatic heterocycles. The summed E-state index contributed by atoms with van der Waals surface area (Å²) in [6, 6.07) is -0.608. The van der Waals surface area contributed by atoms with Gasteiger partial charge in [0.25, 0.3) is 0 Å². The van der Waals surface area contributed by atoms with Crippen LogP contribution in [0.4, 0.5) is 4.79 Å². The van der Waals surface area contributed by atoms with Gasteiger partial charge in [0.15, 0.2) is 0 Å². The maximum atomic E-state index is 12.0. The van der Waals surface area contributed by atoms with Crippen LogP contribution in [-0.2, 0) is 9.59 Å². The number of aliphatic carboxylic acids is 2. The molecule has 0 saturated heterocycles. The second-order valence-electron chi connectivity index (χ2n) is 5.23. The van der Waals surface area contributed by atoms with E-state index in [1.165, 1.54) is 0 Å². The van der Waals surface area contributed by atoms with Gasteiger partial charge in [-0.05, 0) is 18.8 Å². The zero-order chi connectivity index (χ0) is 15.1. The minimum absolute atomic E-state index is 0.00582. The largest absolute Gasteiger partial charge is 0.480 e. The van der Waals surface area contributed by atoms with Crippen molar-refractivity contribution in [3.63, 3.8) is 0 Å². The Morgan fingerprint density at radius 2 is 1.75 bits per heavy atom. The third kappa shape index (κ3) is 5.46. The topological polar surface area (TPSA) is 107 Å². The molecule has 0 heterocycles. The van der Waals surface area contributed by atoms with Gasteiger partial charge in [0.2, 0.25) is 0 Å². The number of hydrogen-bond donors (Lipinski definition) is 3. The van der Waals surface area contributed by atoms with Crippen LogP contribution in [0.5, 0.6) is 0 Å². The van der Waals surface area contributed by atoms with Crippen molar-refractivity contribution in [1.29, 1.82) is 0 Å². The molecule has 2 unspecified atom stereocenters. The zero-order valence-corrected chi connectivity index (χ0v) is 11.7. The van der Waals surface area contributed by atoms with Gasteiger partial charge in [-0.25, -0.2) is 4.79 Å². The molecule has 7 nitrogen and oxygen atoms in total. The van der Waals surface area contributed by atoms with Gasteiger partial charge < -0.3 is 20.4 Å². The first-order chi connectivity index (χ1) is 9.42. The quantitative estimate of drug-likeness (QED) is 0.678. The van der Waals surface area contributed by atoms with Crippen molar-refractivity contribution in [2.24, 2.45) is 5.92 Å². The Bertz CT molecular complexity index is 356. The first-order valence-electron chi connectivity index (χ1n) is 6.91. The van der Waals surface area contributed by atoms with Gasteiger partial charge in [-0.2, -0.15) is 0 Å². The van der Waals surface area contributed by atoms with Crippen LogP contribution in [-0.4, -0.2) is 52.2 Å². The van der Waals surface area contributed by atoms with Crippen molar-refractivity contribution in [3.05, 3.63) is 0 Å². The van der Waals surface area contributed by atoms with E-state index in [4.69, 9.17) is 10.2 Å². The number of nitrogens with zero attached hydrogens (tertiary/aromatic N) is 1. The minimum Gasteiger partial charge on any atom is -0.480 e. The molecule has 0 aromatic heterocycles. The maximum Gasteiger partial charge on any atom is 0.323 e. The monoisotopic (exact) mass is 286 g/mol. The molecule has 0 aromatic rings. The predicted octanol–water partition coefficient (Wildman–Crippen LogP) is 1.14. The van der Waals surface area contributed by atoms with Crippen molar-refractivity contribution in [2.45, 2.75) is 45.1 Å². The first-order valence-corrected chi connectivity index (χ1v) is 6.91. The minimum atomic E-state index is -1.23. The molecule has 20 heavy (non-hydrogen) atoms. The molecule has 1 fully saturated rings. The number of carboxylic acids is 2. The van der Waals surface area contributed by atoms with Gasteiger partial charge >= 0.3 is 18.0 Å². The number of carbonyl (C=O) groups is 3. The summed E-state index contributed by atoms with van der Waals surface area (Å²) in [7, 11) is 0. The lowest BCUT2D eigenvalue weighted by Gasteiger charge is -2.30. The van der Waals surface area contributed by atoms with Crippen LogP contribution in [0, 0.1) is 5.92 Å². The van der Waals surface area contributed by atoms with Crippen LogP contribution in [0.25, 0.3) is 0 Å². The molecule has 3 N–H and O–H groups in total. The Morgan fingerprint density at radius 1 is 1.15 bits per heavy atom. The number of hydrogen-bond acceptors (Lipinski definition) is 3. The van der Waals surface area contributed by atoms with E-state index < -0.39 is 31.1 Å². The van der Waals surface area contributed by atoms with Gasteiger partial charge in [-0.15, -0.1) is 0 Å². The number of rotatable bonds is 6. The van der Waals surface area contributed by atoms with E-state index in [1.54, 1.807) is 0 Å². The van der Waals surface area contributed by atoms with Crippen LogP contribution in [0.15, 0.2) is 0 Å². The molecule has 0 bridgehead atoms. The summed E-state index contributed by atoms with van der Waals surface area (Å²) >= 11 is 0. The van der Waals surface area contributed by atoms with Crippen LogP contribution < -0.4 is 5.32 Å². The van der Waals surface area contributed by atoms with E-state index in [0.717, 1.165) is 37.0 Å². The highest BCUT2D eigenvalue weighted by molar-refractivity contribution is 5.84. The summed E-state index contributed by atoms with van der Waals surface area (Å²) < 4.78 is 0. The second kappa shape index (κ2) is 7.72. The Morgan fingerprint density at radius 3 is 2.25 bits per heavy atom. The first kappa shape index (κ1) is 16.3. The van der Waals surface area contributed by atoms with E-state index in [0.29, 0.717) is 5.92 Å². The molecule has 0 aromatic carbocycles. The summed E-state index contributed by atoms with van der Waals surface area (Å²) in [6.07, 6.45) is 4.96. The van der Waals surface area contributed by atoms with Crippen molar-refractivity contribution in [3.8, 4) is 0 Å². The Hall–Kier alpha value is -1.79. The molecule has 1 rings (SSSR count). The summed E-state index contributed by atoms with van der Waals surface area (Å²) in [5.41, 5.74) is 0. The molecular weight excluding hydrogens is 264 g/mol. The highest BCUT2D eigenvalue weighted by atomic mass is 16.4. The molecule has 1 aliphatic carbocycles. The van der Waals surface area contributed by atoms with E-state index in [-0.39, 0.29) is 6.04 Å². The van der Waals surface area contributed by atoms with Crippen LogP contribution >= 0.6 is 0 Å². The highest BCUT2D eigenvalue weighted by Crippen LogP contribution is 2.26. The Labute approximate surface area is 117 Å². The van der Waals surface area contributed by atoms with Crippen molar-refractivity contribution in [2.75, 3.05) is 13.1 Å². The van der Waals surface area contributed by atoms with E-state index in [9.17, 15) is 14.4 Å². The number of carboxylic acid groups (broad SMARTS) is 2. The number of nitrogens with one attached hydrogen (secondary N) is 1. The van der Waals surface area contributed by atoms with Gasteiger partial charge in [-0.3, -0.25) is 9.59 Å². The van der Waals surface area contributed by atoms with Crippen LogP contribution in [0.3, 0.4) is 0 Å². The molecular formula is C13H22N2O5. The Kier molecular flexibility index (Phi) is 6.27. The average molecular weight is 286 g/mol. The highest BCUT2D eigenvalue weighted by Gasteiger charge is 2.25. The van der Waals surface area contributed by atoms with Crippen molar-refractivity contribution in [1.82, 2.24) is 10.2 Å². The third-order valence-electron chi connectivity index (χ3n) is 3.63. The smallest absolute Gasteiger partial charge is 0.323 e. The number of carbonyl (C=O) groups excluding carboxylic acids is 1. The average Bonchev–Trinajstić information content (AvgIpc) is 2.37. The van der Waals surface area contributed by atoms with E-state index >= 15 is 0 Å². The van der Waals surface area contributed by atoms with Gasteiger partial charge in [0, 0.05) is 6.04 Å². The zero-order valence-electron chi connectivity index (χ0n) is 11.7. The third-order valence-corrected chi connectivity index (χ3v) is 3.63. The molecule has 1 aliphatic rings. The standard InChI is InChI=1S/C13H22N2O5/c1-2-9-4-3-5-10(6-9)14-13(20)15(7-11(16)17)8-12(18)19/h9-10H,2-8H2,1H3,(H,14,20)(H,16,17)(H,18,19). The SMILES string of the molecule is CCC1CCCC(NC(=O)N(CC(=O)O)CC(=O)O)C1. The second-order valence-corrected chi connectivity index (χ2v) is 5.23. The van der Waals surface area contributed by atoms with E-state index in [2.05, 4.69) is 12.2 Å². The van der Waals surface area contributed by atoms with Gasteiger partial charge in [0.1, 0.15) is 13.1 Å². The van der Waals surface area contributed by atoms with E-state index in [1.807, 2.05) is 0 Å². The summed E-state index contributed by atoms with van der Waals surface area (Å²) in [6.45, 7) is 0.889. The van der Waals surface area contributed by atoms with Crippen molar-refractivity contribution < 1.29 is 24.6 Å². The fraction of sp³-hybridized carbons (Fsp3) is 0.769. The molecule has 1 saturated carbocycles. The lowest BCUT2D eigenvalue weighted by Crippen LogP contribution is -2.49. The summed E-state index contributed by atoms with van der Waals surface area (Å²) in [4.78, 5) is 34.1. The number of urea groups is 1.